The molecule has 0 radical (unpaired) electrons. The van der Waals surface area contributed by atoms with Crippen LogP contribution >= 0.6 is 15.9 Å². The number of aromatic hydroxyl groups is 1. The number of pyridine rings is 1. The van der Waals surface area contributed by atoms with Crippen LogP contribution in [0.1, 0.15) is 35.1 Å². The third-order valence-corrected chi connectivity index (χ3v) is 6.86. The number of hydrogen-bond acceptors (Lipinski definition) is 6. The van der Waals surface area contributed by atoms with Gasteiger partial charge in [0.15, 0.2) is 0 Å². The largest absolute Gasteiger partial charge is 0.506 e. The van der Waals surface area contributed by atoms with Crippen LogP contribution in [0.15, 0.2) is 71.5 Å². The van der Waals surface area contributed by atoms with Crippen molar-refractivity contribution in [3.8, 4) is 5.75 Å². The molecular formula is C24H24BrN5O4. The van der Waals surface area contributed by atoms with E-state index in [0.29, 0.717) is 25.1 Å². The molecule has 1 aromatic heterocycles. The van der Waals surface area contributed by atoms with E-state index in [1.54, 1.807) is 24.5 Å². The molecule has 2 heterocycles. The van der Waals surface area contributed by atoms with E-state index in [1.807, 2.05) is 36.4 Å². The van der Waals surface area contributed by atoms with Gasteiger partial charge in [-0.15, -0.1) is 0 Å². The third kappa shape index (κ3) is 5.02. The van der Waals surface area contributed by atoms with Crippen LogP contribution < -0.4 is 11.1 Å². The highest BCUT2D eigenvalue weighted by molar-refractivity contribution is 9.10. The summed E-state index contributed by atoms with van der Waals surface area (Å²) in [4.78, 5) is 30.0. The van der Waals surface area contributed by atoms with Crippen molar-refractivity contribution in [3.05, 3.63) is 98.3 Å². The Bertz CT molecular complexity index is 1190. The standard InChI is InChI=1S/C24H24BrN5O4/c25-19-6-2-1-5-17(19)18-9-11-29(14-15-4-3-10-27-13-15)22(23(18)30(33)34)16-7-8-21(31)20(12-16)28-24(26)32/h1-8,10,12-13,18,22-23,31H,9,11,14H2,(H3,26,28,32)/t18-,22+,23-/m1/s1. The quantitative estimate of drug-likeness (QED) is 0.247. The van der Waals surface area contributed by atoms with Gasteiger partial charge in [-0.2, -0.15) is 0 Å². The second-order valence-corrected chi connectivity index (χ2v) is 9.09. The average molecular weight is 526 g/mol. The molecule has 176 valence electrons. The SMILES string of the molecule is NC(=O)Nc1cc([C@H]2[C@H]([N+](=O)[O-])[C@@H](c3ccccc3Br)CCN2Cc2cccnc2)ccc1O. The number of likely N-dealkylation sites (tertiary alicyclic amines) is 1. The summed E-state index contributed by atoms with van der Waals surface area (Å²) in [6.07, 6.45) is 4.02. The summed E-state index contributed by atoms with van der Waals surface area (Å²) in [7, 11) is 0. The van der Waals surface area contributed by atoms with Crippen LogP contribution in [0, 0.1) is 10.1 Å². The number of carbonyl (C=O) groups excluding carboxylic acids is 1. The minimum atomic E-state index is -0.977. The Balaban J connectivity index is 1.81. The molecule has 1 fully saturated rings. The molecule has 1 aliphatic heterocycles. The molecule has 4 rings (SSSR count). The van der Waals surface area contributed by atoms with E-state index in [2.05, 4.69) is 31.1 Å². The number of phenols is 1. The van der Waals surface area contributed by atoms with Crippen molar-refractivity contribution < 1.29 is 14.8 Å². The number of nitrogens with two attached hydrogens (primary N) is 1. The Morgan fingerprint density at radius 2 is 2.06 bits per heavy atom. The first-order valence-corrected chi connectivity index (χ1v) is 11.5. The van der Waals surface area contributed by atoms with Gasteiger partial charge < -0.3 is 16.2 Å². The van der Waals surface area contributed by atoms with Gasteiger partial charge in [-0.1, -0.05) is 46.3 Å². The first-order valence-electron chi connectivity index (χ1n) is 10.8. The Morgan fingerprint density at radius 3 is 2.74 bits per heavy atom. The molecule has 2 aromatic carbocycles. The van der Waals surface area contributed by atoms with Crippen LogP contribution in [0.25, 0.3) is 0 Å². The third-order valence-electron chi connectivity index (χ3n) is 6.13. The Kier molecular flexibility index (Phi) is 7.09. The van der Waals surface area contributed by atoms with Gasteiger partial charge in [0.25, 0.3) is 0 Å². The number of nitro groups is 1. The first kappa shape index (κ1) is 23.7. The fraction of sp³-hybridized carbons (Fsp3) is 0.250. The summed E-state index contributed by atoms with van der Waals surface area (Å²) in [5.41, 5.74) is 7.77. The van der Waals surface area contributed by atoms with E-state index in [-0.39, 0.29) is 22.3 Å². The number of anilines is 1. The summed E-state index contributed by atoms with van der Waals surface area (Å²) in [5.74, 6) is -0.515. The topological polar surface area (TPSA) is 135 Å². The highest BCUT2D eigenvalue weighted by Crippen LogP contribution is 2.44. The van der Waals surface area contributed by atoms with Crippen LogP contribution in [0.3, 0.4) is 0 Å². The number of hydrogen-bond donors (Lipinski definition) is 3. The van der Waals surface area contributed by atoms with Gasteiger partial charge >= 0.3 is 6.03 Å². The van der Waals surface area contributed by atoms with Crippen LogP contribution in [-0.2, 0) is 6.54 Å². The van der Waals surface area contributed by atoms with Gasteiger partial charge in [0.2, 0.25) is 6.04 Å². The fourth-order valence-electron chi connectivity index (χ4n) is 4.71. The van der Waals surface area contributed by atoms with Crippen LogP contribution in [0.2, 0.25) is 0 Å². The molecule has 1 saturated heterocycles. The summed E-state index contributed by atoms with van der Waals surface area (Å²) in [6, 6.07) is 13.5. The van der Waals surface area contributed by atoms with Crippen LogP contribution in [-0.4, -0.2) is 38.5 Å². The van der Waals surface area contributed by atoms with Crippen molar-refractivity contribution in [1.82, 2.24) is 9.88 Å². The predicted octanol–water partition coefficient (Wildman–Crippen LogP) is 4.42. The monoisotopic (exact) mass is 525 g/mol. The van der Waals surface area contributed by atoms with Gasteiger partial charge in [0.1, 0.15) is 11.8 Å². The molecule has 4 N–H and O–H groups in total. The second kappa shape index (κ2) is 10.2. The number of halogens is 1. The lowest BCUT2D eigenvalue weighted by molar-refractivity contribution is -0.540. The van der Waals surface area contributed by atoms with Crippen molar-refractivity contribution in [3.63, 3.8) is 0 Å². The van der Waals surface area contributed by atoms with Gasteiger partial charge in [-0.25, -0.2) is 4.79 Å². The van der Waals surface area contributed by atoms with Crippen LogP contribution in [0.5, 0.6) is 5.75 Å². The van der Waals surface area contributed by atoms with E-state index < -0.39 is 18.1 Å². The number of benzene rings is 2. The molecule has 0 unspecified atom stereocenters. The Hall–Kier alpha value is -3.50. The highest BCUT2D eigenvalue weighted by Gasteiger charge is 2.48. The van der Waals surface area contributed by atoms with Crippen LogP contribution in [0.4, 0.5) is 10.5 Å². The van der Waals surface area contributed by atoms with E-state index >= 15 is 0 Å². The molecule has 0 aliphatic carbocycles. The number of phenolic OH excluding ortho intramolecular Hbond substituents is 1. The minimum Gasteiger partial charge on any atom is -0.506 e. The lowest BCUT2D eigenvalue weighted by Crippen LogP contribution is -2.48. The Morgan fingerprint density at radius 1 is 1.26 bits per heavy atom. The fourth-order valence-corrected chi connectivity index (χ4v) is 5.29. The normalized spacial score (nSPS) is 20.6. The number of nitrogens with one attached hydrogen (secondary N) is 1. The van der Waals surface area contributed by atoms with Gasteiger partial charge in [-0.05, 0) is 47.4 Å². The number of carbonyl (C=O) groups is 1. The molecular weight excluding hydrogens is 502 g/mol. The summed E-state index contributed by atoms with van der Waals surface area (Å²) >= 11 is 3.56. The number of aromatic nitrogens is 1. The van der Waals surface area contributed by atoms with E-state index in [0.717, 1.165) is 15.6 Å². The number of piperidine rings is 1. The molecule has 3 aromatic rings. The average Bonchev–Trinajstić information content (AvgIpc) is 2.81. The van der Waals surface area contributed by atoms with E-state index in [4.69, 9.17) is 5.73 Å². The van der Waals surface area contributed by atoms with E-state index in [9.17, 15) is 20.0 Å². The van der Waals surface area contributed by atoms with Gasteiger partial charge in [-0.3, -0.25) is 20.0 Å². The number of urea groups is 1. The molecule has 0 spiro atoms. The van der Waals surface area contributed by atoms with Crippen molar-refractivity contribution in [1.29, 1.82) is 0 Å². The lowest BCUT2D eigenvalue weighted by Gasteiger charge is -2.41. The molecule has 0 bridgehead atoms. The zero-order chi connectivity index (χ0) is 24.2. The maximum absolute atomic E-state index is 12.6. The zero-order valence-corrected chi connectivity index (χ0v) is 19.8. The smallest absolute Gasteiger partial charge is 0.316 e. The molecule has 2 amide bonds. The summed E-state index contributed by atoms with van der Waals surface area (Å²) in [6.45, 7) is 1.07. The van der Waals surface area contributed by atoms with Gasteiger partial charge in [0.05, 0.1) is 11.6 Å². The molecule has 34 heavy (non-hydrogen) atoms. The summed E-state index contributed by atoms with van der Waals surface area (Å²) < 4.78 is 0.827. The minimum absolute atomic E-state index is 0.108. The number of nitrogens with zero attached hydrogens (tertiary/aromatic N) is 3. The van der Waals surface area contributed by atoms with Crippen molar-refractivity contribution >= 4 is 27.6 Å². The number of primary amides is 1. The van der Waals surface area contributed by atoms with Crippen molar-refractivity contribution in [2.45, 2.75) is 31.0 Å². The van der Waals surface area contributed by atoms with Gasteiger partial charge in [0, 0.05) is 34.9 Å². The van der Waals surface area contributed by atoms with Crippen molar-refractivity contribution in [2.24, 2.45) is 5.73 Å². The zero-order valence-electron chi connectivity index (χ0n) is 18.2. The molecule has 9 nitrogen and oxygen atoms in total. The molecule has 3 atom stereocenters. The highest BCUT2D eigenvalue weighted by atomic mass is 79.9. The number of rotatable bonds is 6. The molecule has 10 heteroatoms. The summed E-state index contributed by atoms with van der Waals surface area (Å²) in [5, 5.41) is 25.2. The first-order chi connectivity index (χ1) is 16.3. The Labute approximate surface area is 204 Å². The van der Waals surface area contributed by atoms with E-state index in [1.165, 1.54) is 6.07 Å². The predicted molar refractivity (Wildman–Crippen MR) is 131 cm³/mol. The maximum atomic E-state index is 12.6. The lowest BCUT2D eigenvalue weighted by atomic mass is 9.78. The number of amides is 2. The molecule has 1 aliphatic rings. The molecule has 0 saturated carbocycles. The second-order valence-electron chi connectivity index (χ2n) is 8.24. The van der Waals surface area contributed by atoms with Crippen molar-refractivity contribution in [2.75, 3.05) is 11.9 Å². The maximum Gasteiger partial charge on any atom is 0.316 e.